The lowest BCUT2D eigenvalue weighted by molar-refractivity contribution is -0.315. The SMILES string of the molecule is CN[C@@H]1[C@H](O[C@H]2[C@H](O[C@H]3[C@H](O)[C@@H](O)[C@H](N=C(N)N)[C@@H](O)[C@@H]3N=C(N)N)O[C@@H](/C=N/NC(=O)c3ccncc3)[C@@]2(C)O)O[C@@H](CO)[C@H](O)[C@H]1O.CN[C@@H]1[C@H](O[C@H]2[C@H](O[C@H]3[C@H](O)[C@@H](O)[C@H](N=C(N)N)[C@@H](O)[C@@H]3NC(=N)N)O[C@@H](C)[C@]2(O)C=O)O[C@@H](CO)[C@H](O)[C@H]1O.O=S(=O)(O)O.O=S(=O)(O)O. The summed E-state index contributed by atoms with van der Waals surface area (Å²) < 4.78 is 110. The molecular formula is C48H87N17O32S2. The average Bonchev–Trinajstić information content (AvgIpc) is 1.68. The Morgan fingerprint density at radius 2 is 1.01 bits per heavy atom. The molecule has 4 aliphatic heterocycles. The smallest absolute Gasteiger partial charge is 0.394 e. The molecule has 5 heterocycles. The van der Waals surface area contributed by atoms with Crippen LogP contribution in [-0.4, -0.2) is 364 Å². The number of carbonyl (C=O) groups excluding carboxylic acids is 2. The maximum absolute atomic E-state index is 12.5. The lowest BCUT2D eigenvalue weighted by atomic mass is 9.81. The number of hydrogen-bond acceptors (Lipinski definition) is 36. The van der Waals surface area contributed by atoms with E-state index in [0.29, 0.717) is 0 Å². The number of guanidine groups is 4. The van der Waals surface area contributed by atoms with E-state index in [-0.39, 0.29) is 11.8 Å². The highest BCUT2D eigenvalue weighted by atomic mass is 32.3. The van der Waals surface area contributed by atoms with Crippen LogP contribution in [0, 0.1) is 5.41 Å². The van der Waals surface area contributed by atoms with Crippen molar-refractivity contribution in [3.05, 3.63) is 30.1 Å². The number of aliphatic imine (C=N–C) groups is 3. The average molecular weight is 1480 g/mol. The number of ether oxygens (including phenoxy) is 8. The second-order valence-electron chi connectivity index (χ2n) is 22.7. The Bertz CT molecular complexity index is 3090. The van der Waals surface area contributed by atoms with E-state index < -0.39 is 246 Å². The molecule has 1 aromatic heterocycles. The van der Waals surface area contributed by atoms with Crippen molar-refractivity contribution in [3.8, 4) is 0 Å². The van der Waals surface area contributed by atoms with E-state index in [1.165, 1.54) is 52.5 Å². The first-order valence-electron chi connectivity index (χ1n) is 28.8. The van der Waals surface area contributed by atoms with Gasteiger partial charge in [0, 0.05) is 18.0 Å². The molecule has 4 saturated heterocycles. The number of nitrogens with zero attached hydrogens (tertiary/aromatic N) is 5. The van der Waals surface area contributed by atoms with Crippen LogP contribution < -0.4 is 61.5 Å². The Balaban J connectivity index is 0.000000375. The van der Waals surface area contributed by atoms with Gasteiger partial charge in [0.05, 0.1) is 43.7 Å². The van der Waals surface area contributed by atoms with Gasteiger partial charge >= 0.3 is 20.8 Å². The van der Waals surface area contributed by atoms with Crippen molar-refractivity contribution >= 4 is 63.0 Å². The van der Waals surface area contributed by atoms with Crippen LogP contribution in [0.1, 0.15) is 24.2 Å². The first-order valence-corrected chi connectivity index (χ1v) is 31.6. The summed E-state index contributed by atoms with van der Waals surface area (Å²) in [5.74, 6) is -2.83. The zero-order chi connectivity index (χ0) is 75.3. The number of hydrogen-bond donors (Lipinski definition) is 30. The zero-order valence-corrected chi connectivity index (χ0v) is 54.0. The summed E-state index contributed by atoms with van der Waals surface area (Å²) in [6.07, 6.45) is -31.1. The molecule has 1 aromatic rings. The van der Waals surface area contributed by atoms with Gasteiger partial charge in [-0.25, -0.2) is 20.4 Å². The van der Waals surface area contributed by atoms with Crippen LogP contribution in [0.4, 0.5) is 0 Å². The Labute approximate surface area is 561 Å². The summed E-state index contributed by atoms with van der Waals surface area (Å²) >= 11 is 0. The highest BCUT2D eigenvalue weighted by Gasteiger charge is 2.63. The summed E-state index contributed by atoms with van der Waals surface area (Å²) in [6, 6.07) is -5.28. The third-order valence-electron chi connectivity index (χ3n) is 15.8. The molecule has 0 radical (unpaired) electrons. The number of aliphatic hydroxyl groups excluding tert-OH is 12. The van der Waals surface area contributed by atoms with Crippen molar-refractivity contribution in [2.75, 3.05) is 27.3 Å². The monoisotopic (exact) mass is 1480 g/mol. The fourth-order valence-electron chi connectivity index (χ4n) is 11.0. The van der Waals surface area contributed by atoms with Gasteiger partial charge in [-0.1, -0.05) is 0 Å². The molecule has 2 saturated carbocycles. The number of carbonyl (C=O) groups is 2. The van der Waals surface area contributed by atoms with Crippen LogP contribution in [0.3, 0.4) is 0 Å². The van der Waals surface area contributed by atoms with E-state index >= 15 is 0 Å². The van der Waals surface area contributed by atoms with Gasteiger partial charge in [0.25, 0.3) is 5.91 Å². The van der Waals surface area contributed by atoms with Gasteiger partial charge in [0.2, 0.25) is 0 Å². The van der Waals surface area contributed by atoms with Crippen molar-refractivity contribution in [1.82, 2.24) is 26.4 Å². The molecule has 7 rings (SSSR count). The van der Waals surface area contributed by atoms with E-state index in [1.807, 2.05) is 0 Å². The second kappa shape index (κ2) is 36.1. The number of amides is 1. The number of nitrogens with two attached hydrogens (primary N) is 7. The van der Waals surface area contributed by atoms with Crippen LogP contribution in [0.2, 0.25) is 0 Å². The van der Waals surface area contributed by atoms with Crippen LogP contribution in [0.5, 0.6) is 0 Å². The first kappa shape index (κ1) is 85.2. The molecule has 0 bridgehead atoms. The van der Waals surface area contributed by atoms with E-state index in [0.717, 1.165) is 6.21 Å². The molecule has 2 aliphatic carbocycles. The quantitative estimate of drug-likeness (QED) is 0.0189. The molecule has 0 unspecified atom stereocenters. The van der Waals surface area contributed by atoms with E-state index in [4.69, 9.17) is 118 Å². The molecule has 37 N–H and O–H groups in total. The van der Waals surface area contributed by atoms with E-state index in [9.17, 15) is 81.1 Å². The molecule has 6 fully saturated rings. The molecule has 6 aliphatic rings. The molecule has 99 heavy (non-hydrogen) atoms. The van der Waals surface area contributed by atoms with Crippen LogP contribution in [-0.2, 0) is 63.5 Å². The number of pyridine rings is 1. The molecule has 0 spiro atoms. The van der Waals surface area contributed by atoms with Gasteiger partial charge in [-0.2, -0.15) is 21.9 Å². The highest BCUT2D eigenvalue weighted by molar-refractivity contribution is 7.80. The third-order valence-corrected chi connectivity index (χ3v) is 15.8. The zero-order valence-electron chi connectivity index (χ0n) is 52.4. The lowest BCUT2D eigenvalue weighted by Crippen LogP contribution is -2.70. The van der Waals surface area contributed by atoms with Gasteiger partial charge in [0.1, 0.15) is 127 Å². The minimum Gasteiger partial charge on any atom is -0.394 e. The largest absolute Gasteiger partial charge is 0.394 e. The predicted octanol–water partition coefficient (Wildman–Crippen LogP) is -16.8. The number of rotatable bonds is 20. The van der Waals surface area contributed by atoms with Crippen LogP contribution in [0.15, 0.2) is 44.6 Å². The number of hydrazone groups is 1. The van der Waals surface area contributed by atoms with Gasteiger partial charge in [-0.15, -0.1) is 0 Å². The van der Waals surface area contributed by atoms with Gasteiger partial charge < -0.3 is 165 Å². The predicted molar refractivity (Wildman–Crippen MR) is 328 cm³/mol. The summed E-state index contributed by atoms with van der Waals surface area (Å²) in [5.41, 5.74) is 36.3. The first-order chi connectivity index (χ1) is 45.8. The molecule has 568 valence electrons. The fourth-order valence-corrected chi connectivity index (χ4v) is 11.0. The normalized spacial score (nSPS) is 40.6. The molecule has 51 heteroatoms. The Morgan fingerprint density at radius 3 is 1.43 bits per heavy atom. The Hall–Kier alpha value is -6.18. The minimum atomic E-state index is -4.67. The maximum Gasteiger partial charge on any atom is 0.394 e. The molecule has 49 nitrogen and oxygen atoms in total. The minimum absolute atomic E-state index is 0.138. The topological polar surface area (TPSA) is 857 Å². The summed E-state index contributed by atoms with van der Waals surface area (Å²) in [7, 11) is -6.48. The van der Waals surface area contributed by atoms with E-state index in [1.54, 1.807) is 0 Å². The Morgan fingerprint density at radius 1 is 0.596 bits per heavy atom. The lowest BCUT2D eigenvalue weighted by Gasteiger charge is -2.46. The van der Waals surface area contributed by atoms with Gasteiger partial charge in [-0.3, -0.25) is 38.2 Å². The van der Waals surface area contributed by atoms with Crippen molar-refractivity contribution in [1.29, 1.82) is 5.41 Å². The van der Waals surface area contributed by atoms with E-state index in [2.05, 4.69) is 46.4 Å². The van der Waals surface area contributed by atoms with Crippen molar-refractivity contribution in [3.63, 3.8) is 0 Å². The van der Waals surface area contributed by atoms with Gasteiger partial charge in [-0.05, 0) is 40.1 Å². The molecule has 1 amide bonds. The fraction of sp³-hybridized carbons (Fsp3) is 0.750. The number of aldehydes is 1. The maximum atomic E-state index is 12.5. The van der Waals surface area contributed by atoms with Crippen molar-refractivity contribution in [2.24, 2.45) is 60.2 Å². The van der Waals surface area contributed by atoms with Crippen LogP contribution in [0.25, 0.3) is 0 Å². The number of nitrogens with one attached hydrogen (secondary N) is 5. The van der Waals surface area contributed by atoms with Crippen molar-refractivity contribution < 1.29 is 154 Å². The number of aliphatic hydroxyl groups is 14. The highest BCUT2D eigenvalue weighted by Crippen LogP contribution is 2.41. The molecular weight excluding hydrogens is 1390 g/mol. The summed E-state index contributed by atoms with van der Waals surface area (Å²) in [6.45, 7) is 1.17. The number of likely N-dealkylation sites (N-methyl/N-ethyl adjacent to an activating group) is 2. The third kappa shape index (κ3) is 22.2. The molecule has 0 aromatic carbocycles. The van der Waals surface area contributed by atoms with Gasteiger partial charge in [0.15, 0.2) is 60.9 Å². The van der Waals surface area contributed by atoms with Crippen LogP contribution >= 0.6 is 0 Å². The van der Waals surface area contributed by atoms with Crippen molar-refractivity contribution in [2.45, 2.75) is 196 Å². The standard InChI is InChI=1S/C27H44N10O12.C21H39N7O12.2H2O4S/c1-27(45)11(7-34-37-22(44)9-3-5-33-6-4-9)47-24(21(27)49-23-14(32-2)18(42)15(39)10(8-38)46-23)48-20-13(36-26(30)31)16(40)12(35-25(28)29)17(41)19(20)43;1-5-21(36,4-30)16(40-17-9(26-2)13(34)10(31)6(3-29)38-17)18(37-5)39-15-8(28-20(24)25)11(32)7(27-19(22)23)12(33)14(15)35;2*1-5(2,3)4/h3-7,10-21,23-24,32,38-43,45H,8H2,1-2H3,(H,37,44)(H4,28,29,35)(H4,30,31,36);4-18,26,29,31-36H,3H2,1-2H3,(H4,22,23,27)(H4,24,25,28);2*(H2,1,2,3,4)/b34-7+;;;/t10-,11-,12+,13-,14-,15-,16+,17-,18-,19+,20+,21-,23-,24-,27+;5-,6-,7+,8-,9-,10-,11+,12-,13-,14+,15+,16-,17-,18-,21+;;/m00../s1. The molecule has 30 atom stereocenters. The number of aromatic nitrogens is 1. The summed E-state index contributed by atoms with van der Waals surface area (Å²) in [5, 5.41) is 169. The second-order valence-corrected chi connectivity index (χ2v) is 24.5. The Kier molecular flexibility index (Phi) is 31.1. The summed E-state index contributed by atoms with van der Waals surface area (Å²) in [4.78, 5) is 39.9.